The van der Waals surface area contributed by atoms with Crippen molar-refractivity contribution in [3.63, 3.8) is 0 Å². The fourth-order valence-electron chi connectivity index (χ4n) is 1.69. The molecule has 0 aliphatic heterocycles. The van der Waals surface area contributed by atoms with Crippen LogP contribution in [0.5, 0.6) is 11.5 Å². The SMILES string of the molecule is O=[N+]([O-])c1ncccc1OCCCOc1cccnc1[N+](=O)[O-]. The third-order valence-corrected chi connectivity index (χ3v) is 2.65. The van der Waals surface area contributed by atoms with Crippen LogP contribution >= 0.6 is 0 Å². The highest BCUT2D eigenvalue weighted by Crippen LogP contribution is 2.24. The van der Waals surface area contributed by atoms with Crippen molar-refractivity contribution in [1.82, 2.24) is 9.97 Å². The van der Waals surface area contributed by atoms with Crippen molar-refractivity contribution < 1.29 is 19.3 Å². The maximum atomic E-state index is 10.8. The summed E-state index contributed by atoms with van der Waals surface area (Å²) in [4.78, 5) is 27.5. The van der Waals surface area contributed by atoms with E-state index < -0.39 is 9.85 Å². The van der Waals surface area contributed by atoms with E-state index in [1.165, 1.54) is 36.7 Å². The molecule has 2 rings (SSSR count). The second-order valence-corrected chi connectivity index (χ2v) is 4.21. The Morgan fingerprint density at radius 2 is 1.30 bits per heavy atom. The van der Waals surface area contributed by atoms with E-state index in [-0.39, 0.29) is 36.3 Å². The molecule has 0 saturated carbocycles. The molecule has 0 radical (unpaired) electrons. The van der Waals surface area contributed by atoms with Crippen LogP contribution < -0.4 is 9.47 Å². The highest BCUT2D eigenvalue weighted by molar-refractivity contribution is 5.39. The maximum Gasteiger partial charge on any atom is 0.406 e. The molecule has 120 valence electrons. The van der Waals surface area contributed by atoms with Gasteiger partial charge < -0.3 is 29.7 Å². The molecule has 2 heterocycles. The van der Waals surface area contributed by atoms with Crippen LogP contribution in [-0.2, 0) is 0 Å². The number of nitrogens with zero attached hydrogens (tertiary/aromatic N) is 4. The van der Waals surface area contributed by atoms with Crippen LogP contribution in [0.3, 0.4) is 0 Å². The van der Waals surface area contributed by atoms with Crippen LogP contribution in [-0.4, -0.2) is 33.0 Å². The summed E-state index contributed by atoms with van der Waals surface area (Å²) in [6.07, 6.45) is 2.98. The summed E-state index contributed by atoms with van der Waals surface area (Å²) in [5.41, 5.74) is 0. The molecule has 0 atom stereocenters. The molecule has 0 bridgehead atoms. The lowest BCUT2D eigenvalue weighted by Crippen LogP contribution is -2.07. The predicted octanol–water partition coefficient (Wildman–Crippen LogP) is 2.14. The summed E-state index contributed by atoms with van der Waals surface area (Å²) in [5, 5.41) is 21.5. The third-order valence-electron chi connectivity index (χ3n) is 2.65. The maximum absolute atomic E-state index is 10.8. The summed E-state index contributed by atoms with van der Waals surface area (Å²) >= 11 is 0. The molecule has 0 aromatic carbocycles. The van der Waals surface area contributed by atoms with Gasteiger partial charge in [-0.3, -0.25) is 0 Å². The Labute approximate surface area is 130 Å². The number of hydrogen-bond donors (Lipinski definition) is 0. The Kier molecular flexibility index (Phi) is 5.34. The molecule has 2 aromatic heterocycles. The van der Waals surface area contributed by atoms with E-state index in [9.17, 15) is 20.2 Å². The minimum absolute atomic E-state index is 0.0601. The molecule has 0 unspecified atom stereocenters. The molecule has 0 N–H and O–H groups in total. The van der Waals surface area contributed by atoms with Crippen molar-refractivity contribution in [2.24, 2.45) is 0 Å². The Bertz CT molecular complexity index is 649. The number of ether oxygens (including phenoxy) is 2. The van der Waals surface area contributed by atoms with Gasteiger partial charge in [-0.1, -0.05) is 0 Å². The largest absolute Gasteiger partial charge is 0.486 e. The highest BCUT2D eigenvalue weighted by atomic mass is 16.6. The van der Waals surface area contributed by atoms with Crippen LogP contribution in [0.25, 0.3) is 0 Å². The average molecular weight is 320 g/mol. The monoisotopic (exact) mass is 320 g/mol. The Balaban J connectivity index is 1.83. The fourth-order valence-corrected chi connectivity index (χ4v) is 1.69. The average Bonchev–Trinajstić information content (AvgIpc) is 2.55. The molecule has 10 nitrogen and oxygen atoms in total. The summed E-state index contributed by atoms with van der Waals surface area (Å²) in [6, 6.07) is 5.94. The first kappa shape index (κ1) is 16.1. The van der Waals surface area contributed by atoms with Gasteiger partial charge in [0.15, 0.2) is 0 Å². The first-order valence-electron chi connectivity index (χ1n) is 6.54. The van der Waals surface area contributed by atoms with Crippen LogP contribution in [0.4, 0.5) is 11.6 Å². The van der Waals surface area contributed by atoms with Gasteiger partial charge >= 0.3 is 11.6 Å². The summed E-state index contributed by atoms with van der Waals surface area (Å²) in [5.74, 6) is -0.609. The van der Waals surface area contributed by atoms with Crippen LogP contribution in [0, 0.1) is 20.2 Å². The van der Waals surface area contributed by atoms with E-state index in [0.717, 1.165) is 0 Å². The quantitative estimate of drug-likeness (QED) is 0.410. The summed E-state index contributed by atoms with van der Waals surface area (Å²) in [6.45, 7) is 0.279. The lowest BCUT2D eigenvalue weighted by atomic mass is 10.4. The smallest absolute Gasteiger partial charge is 0.406 e. The van der Waals surface area contributed by atoms with Gasteiger partial charge in [0.2, 0.25) is 11.5 Å². The Morgan fingerprint density at radius 1 is 0.870 bits per heavy atom. The first-order valence-corrected chi connectivity index (χ1v) is 6.54. The van der Waals surface area contributed by atoms with Gasteiger partial charge in [0.05, 0.1) is 13.2 Å². The lowest BCUT2D eigenvalue weighted by Gasteiger charge is -2.07. The number of pyridine rings is 2. The molecule has 10 heteroatoms. The molecule has 2 aromatic rings. The van der Waals surface area contributed by atoms with E-state index in [2.05, 4.69) is 9.97 Å². The van der Waals surface area contributed by atoms with Crippen molar-refractivity contribution in [3.05, 3.63) is 56.9 Å². The van der Waals surface area contributed by atoms with Crippen LogP contribution in [0.2, 0.25) is 0 Å². The molecule has 23 heavy (non-hydrogen) atoms. The van der Waals surface area contributed by atoms with Crippen molar-refractivity contribution in [1.29, 1.82) is 0 Å². The second-order valence-electron chi connectivity index (χ2n) is 4.21. The first-order chi connectivity index (χ1) is 11.1. The number of rotatable bonds is 8. The van der Waals surface area contributed by atoms with Gasteiger partial charge in [0, 0.05) is 6.42 Å². The molecule has 0 amide bonds. The zero-order valence-electron chi connectivity index (χ0n) is 11.8. The van der Waals surface area contributed by atoms with Gasteiger partial charge in [-0.05, 0) is 44.1 Å². The van der Waals surface area contributed by atoms with E-state index >= 15 is 0 Å². The Hall–Kier alpha value is -3.30. The van der Waals surface area contributed by atoms with Crippen molar-refractivity contribution in [2.75, 3.05) is 13.2 Å². The number of hydrogen-bond acceptors (Lipinski definition) is 8. The molecular formula is C13H12N4O6. The number of aromatic nitrogens is 2. The topological polar surface area (TPSA) is 131 Å². The zero-order valence-corrected chi connectivity index (χ0v) is 11.8. The minimum Gasteiger partial charge on any atom is -0.486 e. The van der Waals surface area contributed by atoms with Gasteiger partial charge in [-0.15, -0.1) is 0 Å². The fraction of sp³-hybridized carbons (Fsp3) is 0.231. The van der Waals surface area contributed by atoms with Crippen LogP contribution in [0.15, 0.2) is 36.7 Å². The van der Waals surface area contributed by atoms with E-state index in [4.69, 9.17) is 9.47 Å². The van der Waals surface area contributed by atoms with Gasteiger partial charge in [0.1, 0.15) is 12.4 Å². The van der Waals surface area contributed by atoms with E-state index in [0.29, 0.717) is 6.42 Å². The minimum atomic E-state index is -0.634. The molecule has 0 spiro atoms. The van der Waals surface area contributed by atoms with Crippen molar-refractivity contribution in [3.8, 4) is 11.5 Å². The van der Waals surface area contributed by atoms with Gasteiger partial charge in [-0.2, -0.15) is 0 Å². The summed E-state index contributed by atoms with van der Waals surface area (Å²) in [7, 11) is 0. The van der Waals surface area contributed by atoms with Crippen molar-refractivity contribution in [2.45, 2.75) is 6.42 Å². The number of nitro groups is 2. The Morgan fingerprint density at radius 3 is 1.70 bits per heavy atom. The van der Waals surface area contributed by atoms with E-state index in [1.807, 2.05) is 0 Å². The molecule has 0 aliphatic rings. The standard InChI is InChI=1S/C13H12N4O6/c18-16(19)12-10(4-1-6-14-12)22-8-3-9-23-11-5-2-7-15-13(11)17(20)21/h1-2,4-7H,3,8-9H2. The second kappa shape index (κ2) is 7.64. The third kappa shape index (κ3) is 4.33. The zero-order chi connectivity index (χ0) is 16.7. The molecular weight excluding hydrogens is 308 g/mol. The normalized spacial score (nSPS) is 10.1. The summed E-state index contributed by atoms with van der Waals surface area (Å²) < 4.78 is 10.6. The van der Waals surface area contributed by atoms with Gasteiger partial charge in [0.25, 0.3) is 0 Å². The van der Waals surface area contributed by atoms with E-state index in [1.54, 1.807) is 0 Å². The predicted molar refractivity (Wildman–Crippen MR) is 77.4 cm³/mol. The molecule has 0 fully saturated rings. The highest BCUT2D eigenvalue weighted by Gasteiger charge is 2.16. The van der Waals surface area contributed by atoms with Crippen LogP contribution in [0.1, 0.15) is 6.42 Å². The van der Waals surface area contributed by atoms with Gasteiger partial charge in [-0.25, -0.2) is 0 Å². The van der Waals surface area contributed by atoms with Crippen molar-refractivity contribution >= 4 is 11.6 Å². The molecule has 0 saturated heterocycles. The molecule has 0 aliphatic carbocycles. The lowest BCUT2D eigenvalue weighted by molar-refractivity contribution is -0.390.